The Kier molecular flexibility index (Phi) is 3.72. The zero-order chi connectivity index (χ0) is 11.6. The van der Waals surface area contributed by atoms with Gasteiger partial charge in [0.1, 0.15) is 0 Å². The molecule has 0 amide bonds. The van der Waals surface area contributed by atoms with E-state index < -0.39 is 0 Å². The zero-order valence-electron chi connectivity index (χ0n) is 11.0. The molecule has 2 aliphatic carbocycles. The first-order valence-electron chi connectivity index (χ1n) is 7.77. The SMILES string of the molecule is C1CCC(C2CNCC3(CCCCC3)O2)CC1. The molecule has 3 fully saturated rings. The highest BCUT2D eigenvalue weighted by atomic mass is 16.5. The molecule has 1 saturated heterocycles. The average Bonchev–Trinajstić information content (AvgIpc) is 2.41. The van der Waals surface area contributed by atoms with Crippen LogP contribution in [-0.4, -0.2) is 24.8 Å². The molecule has 0 aromatic rings. The summed E-state index contributed by atoms with van der Waals surface area (Å²) < 4.78 is 6.59. The Morgan fingerprint density at radius 3 is 2.35 bits per heavy atom. The van der Waals surface area contributed by atoms with Crippen molar-refractivity contribution >= 4 is 0 Å². The Balaban J connectivity index is 1.61. The minimum Gasteiger partial charge on any atom is -0.369 e. The van der Waals surface area contributed by atoms with Crippen molar-refractivity contribution in [3.8, 4) is 0 Å². The number of morpholine rings is 1. The van der Waals surface area contributed by atoms with Gasteiger partial charge in [-0.05, 0) is 31.6 Å². The highest BCUT2D eigenvalue weighted by Crippen LogP contribution is 2.37. The van der Waals surface area contributed by atoms with Crippen LogP contribution in [0.3, 0.4) is 0 Å². The molecule has 0 aromatic heterocycles. The summed E-state index contributed by atoms with van der Waals surface area (Å²) in [4.78, 5) is 0. The average molecular weight is 237 g/mol. The maximum absolute atomic E-state index is 6.59. The summed E-state index contributed by atoms with van der Waals surface area (Å²) >= 11 is 0. The fraction of sp³-hybridized carbons (Fsp3) is 1.00. The van der Waals surface area contributed by atoms with E-state index in [0.29, 0.717) is 6.10 Å². The van der Waals surface area contributed by atoms with Crippen LogP contribution in [-0.2, 0) is 4.74 Å². The third-order valence-corrected chi connectivity index (χ3v) is 5.13. The molecule has 0 aromatic carbocycles. The van der Waals surface area contributed by atoms with Crippen LogP contribution in [0.5, 0.6) is 0 Å². The lowest BCUT2D eigenvalue weighted by Crippen LogP contribution is -2.56. The van der Waals surface area contributed by atoms with Crippen molar-refractivity contribution in [2.45, 2.75) is 75.9 Å². The van der Waals surface area contributed by atoms with Gasteiger partial charge >= 0.3 is 0 Å². The molecule has 98 valence electrons. The van der Waals surface area contributed by atoms with E-state index in [4.69, 9.17) is 4.74 Å². The molecule has 2 nitrogen and oxygen atoms in total. The molecule has 3 rings (SSSR count). The number of hydrogen-bond donors (Lipinski definition) is 1. The van der Waals surface area contributed by atoms with E-state index >= 15 is 0 Å². The second-order valence-electron chi connectivity index (χ2n) is 6.43. The lowest BCUT2D eigenvalue weighted by atomic mass is 9.80. The summed E-state index contributed by atoms with van der Waals surface area (Å²) in [6.45, 7) is 2.21. The minimum atomic E-state index is 0.221. The summed E-state index contributed by atoms with van der Waals surface area (Å²) in [5.41, 5.74) is 0.221. The van der Waals surface area contributed by atoms with Gasteiger partial charge in [-0.3, -0.25) is 0 Å². The van der Waals surface area contributed by atoms with Gasteiger partial charge in [0.05, 0.1) is 11.7 Å². The molecule has 0 radical (unpaired) electrons. The van der Waals surface area contributed by atoms with Crippen LogP contribution in [0.2, 0.25) is 0 Å². The van der Waals surface area contributed by atoms with Crippen molar-refractivity contribution in [3.05, 3.63) is 0 Å². The second kappa shape index (κ2) is 5.27. The van der Waals surface area contributed by atoms with Gasteiger partial charge in [-0.15, -0.1) is 0 Å². The zero-order valence-corrected chi connectivity index (χ0v) is 11.0. The molecule has 1 atom stereocenters. The minimum absolute atomic E-state index is 0.221. The first-order valence-corrected chi connectivity index (χ1v) is 7.77. The van der Waals surface area contributed by atoms with Gasteiger partial charge < -0.3 is 10.1 Å². The van der Waals surface area contributed by atoms with Gasteiger partial charge in [0.25, 0.3) is 0 Å². The van der Waals surface area contributed by atoms with Crippen molar-refractivity contribution < 1.29 is 4.74 Å². The van der Waals surface area contributed by atoms with E-state index in [1.165, 1.54) is 64.2 Å². The quantitative estimate of drug-likeness (QED) is 0.756. The lowest BCUT2D eigenvalue weighted by Gasteiger charge is -2.47. The normalized spacial score (nSPS) is 34.9. The van der Waals surface area contributed by atoms with Crippen LogP contribution >= 0.6 is 0 Å². The molecule has 1 heterocycles. The molecule has 0 bridgehead atoms. The molecule has 3 aliphatic rings. The Labute approximate surface area is 105 Å². The maximum atomic E-state index is 6.59. The van der Waals surface area contributed by atoms with Gasteiger partial charge in [0.15, 0.2) is 0 Å². The molecule has 1 unspecified atom stereocenters. The largest absolute Gasteiger partial charge is 0.369 e. The Hall–Kier alpha value is -0.0800. The van der Waals surface area contributed by atoms with Crippen molar-refractivity contribution in [1.82, 2.24) is 5.32 Å². The molecule has 17 heavy (non-hydrogen) atoms. The van der Waals surface area contributed by atoms with Gasteiger partial charge in [-0.1, -0.05) is 38.5 Å². The molecule has 1 spiro atoms. The Morgan fingerprint density at radius 2 is 1.59 bits per heavy atom. The van der Waals surface area contributed by atoms with Gasteiger partial charge in [-0.25, -0.2) is 0 Å². The fourth-order valence-electron chi connectivity index (χ4n) is 4.11. The van der Waals surface area contributed by atoms with E-state index in [2.05, 4.69) is 5.32 Å². The topological polar surface area (TPSA) is 21.3 Å². The molecule has 1 aliphatic heterocycles. The number of hydrogen-bond acceptors (Lipinski definition) is 2. The lowest BCUT2D eigenvalue weighted by molar-refractivity contribution is -0.154. The van der Waals surface area contributed by atoms with Gasteiger partial charge in [0.2, 0.25) is 0 Å². The molecule has 2 heteroatoms. The molecular formula is C15H27NO. The van der Waals surface area contributed by atoms with Crippen molar-refractivity contribution in [2.24, 2.45) is 5.92 Å². The first kappa shape index (κ1) is 12.0. The number of nitrogens with one attached hydrogen (secondary N) is 1. The third-order valence-electron chi connectivity index (χ3n) is 5.13. The molecule has 2 saturated carbocycles. The third kappa shape index (κ3) is 2.68. The summed E-state index contributed by atoms with van der Waals surface area (Å²) in [5.74, 6) is 0.843. The number of ether oxygens (including phenoxy) is 1. The highest BCUT2D eigenvalue weighted by Gasteiger charge is 2.40. The van der Waals surface area contributed by atoms with Crippen molar-refractivity contribution in [3.63, 3.8) is 0 Å². The summed E-state index contributed by atoms with van der Waals surface area (Å²) in [5, 5.41) is 3.67. The van der Waals surface area contributed by atoms with Gasteiger partial charge in [0, 0.05) is 13.1 Å². The van der Waals surface area contributed by atoms with Crippen LogP contribution in [0.15, 0.2) is 0 Å². The van der Waals surface area contributed by atoms with Crippen LogP contribution in [0.4, 0.5) is 0 Å². The van der Waals surface area contributed by atoms with Crippen LogP contribution in [0.25, 0.3) is 0 Å². The van der Waals surface area contributed by atoms with E-state index in [-0.39, 0.29) is 5.60 Å². The Morgan fingerprint density at radius 1 is 0.882 bits per heavy atom. The Bertz CT molecular complexity index is 236. The van der Waals surface area contributed by atoms with E-state index in [1.54, 1.807) is 0 Å². The fourth-order valence-corrected chi connectivity index (χ4v) is 4.11. The van der Waals surface area contributed by atoms with Crippen molar-refractivity contribution in [2.75, 3.05) is 13.1 Å². The predicted octanol–water partition coefficient (Wildman–Crippen LogP) is 3.26. The maximum Gasteiger partial charge on any atom is 0.0810 e. The van der Waals surface area contributed by atoms with Gasteiger partial charge in [-0.2, -0.15) is 0 Å². The predicted molar refractivity (Wildman–Crippen MR) is 70.1 cm³/mol. The summed E-state index contributed by atoms with van der Waals surface area (Å²) in [7, 11) is 0. The summed E-state index contributed by atoms with van der Waals surface area (Å²) in [6, 6.07) is 0. The highest BCUT2D eigenvalue weighted by molar-refractivity contribution is 4.93. The monoisotopic (exact) mass is 237 g/mol. The van der Waals surface area contributed by atoms with E-state index in [9.17, 15) is 0 Å². The number of rotatable bonds is 1. The van der Waals surface area contributed by atoms with E-state index in [0.717, 1.165) is 19.0 Å². The molecule has 1 N–H and O–H groups in total. The van der Waals surface area contributed by atoms with Crippen LogP contribution in [0, 0.1) is 5.92 Å². The molecular weight excluding hydrogens is 210 g/mol. The van der Waals surface area contributed by atoms with Crippen LogP contribution in [0.1, 0.15) is 64.2 Å². The van der Waals surface area contributed by atoms with Crippen LogP contribution < -0.4 is 5.32 Å². The van der Waals surface area contributed by atoms with Crippen molar-refractivity contribution in [1.29, 1.82) is 0 Å². The summed E-state index contributed by atoms with van der Waals surface area (Å²) in [6.07, 6.45) is 14.4. The first-order chi connectivity index (χ1) is 8.38. The second-order valence-corrected chi connectivity index (χ2v) is 6.43. The standard InChI is InChI=1S/C15H27NO/c1-3-7-13(8-4-1)14-11-16-12-15(17-14)9-5-2-6-10-15/h13-14,16H,1-12H2. The van der Waals surface area contributed by atoms with E-state index in [1.807, 2.05) is 0 Å². The smallest absolute Gasteiger partial charge is 0.0810 e.